The van der Waals surface area contributed by atoms with Crippen LogP contribution in [-0.4, -0.2) is 25.9 Å². The molecule has 0 N–H and O–H groups in total. The van der Waals surface area contributed by atoms with Gasteiger partial charge in [-0.2, -0.15) is 0 Å². The lowest BCUT2D eigenvalue weighted by Gasteiger charge is -1.97. The number of aromatic nitrogens is 1. The van der Waals surface area contributed by atoms with E-state index in [4.69, 9.17) is 0 Å². The Labute approximate surface area is 65.8 Å². The number of pyridine rings is 1. The van der Waals surface area contributed by atoms with E-state index in [9.17, 15) is 4.79 Å². The molecule has 0 unspecified atom stereocenters. The summed E-state index contributed by atoms with van der Waals surface area (Å²) < 4.78 is 4.51. The van der Waals surface area contributed by atoms with Crippen LogP contribution < -0.4 is 5.46 Å². The first-order chi connectivity index (χ1) is 5.24. The number of nitrogens with zero attached hydrogens (tertiary/aromatic N) is 1. The fourth-order valence-corrected chi connectivity index (χ4v) is 0.784. The fraction of sp³-hybridized carbons (Fsp3) is 0.143. The van der Waals surface area contributed by atoms with Gasteiger partial charge >= 0.3 is 5.97 Å². The van der Waals surface area contributed by atoms with E-state index in [-0.39, 0.29) is 5.97 Å². The molecule has 0 amide bonds. The lowest BCUT2D eigenvalue weighted by molar-refractivity contribution is 0.0600. The number of carbonyl (C=O) groups excluding carboxylic acids is 1. The zero-order chi connectivity index (χ0) is 8.27. The van der Waals surface area contributed by atoms with Crippen molar-refractivity contribution >= 4 is 19.3 Å². The van der Waals surface area contributed by atoms with Gasteiger partial charge in [-0.3, -0.25) is 4.98 Å². The Bertz CT molecular complexity index is 275. The Hall–Kier alpha value is -1.32. The quantitative estimate of drug-likeness (QED) is 0.384. The molecule has 0 radical (unpaired) electrons. The normalized spacial score (nSPS) is 9.18. The number of methoxy groups -OCH3 is 1. The summed E-state index contributed by atoms with van der Waals surface area (Å²) in [6, 6.07) is 1.73. The highest BCUT2D eigenvalue weighted by molar-refractivity contribution is 6.32. The Morgan fingerprint density at radius 3 is 2.91 bits per heavy atom. The summed E-state index contributed by atoms with van der Waals surface area (Å²) in [6.07, 6.45) is 3.17. The molecule has 0 saturated heterocycles. The Morgan fingerprint density at radius 2 is 2.36 bits per heavy atom. The van der Waals surface area contributed by atoms with Crippen LogP contribution in [0, 0.1) is 0 Å². The summed E-state index contributed by atoms with van der Waals surface area (Å²) in [7, 11) is 3.23. The van der Waals surface area contributed by atoms with Crippen molar-refractivity contribution in [3.63, 3.8) is 0 Å². The number of ether oxygens (including phenoxy) is 1. The van der Waals surface area contributed by atoms with Gasteiger partial charge in [-0.05, 0) is 0 Å². The van der Waals surface area contributed by atoms with Crippen molar-refractivity contribution in [2.75, 3.05) is 7.11 Å². The third-order valence-electron chi connectivity index (χ3n) is 1.30. The molecular formula is C7H8BNO2. The second-order valence-corrected chi connectivity index (χ2v) is 2.24. The fourth-order valence-electron chi connectivity index (χ4n) is 0.784. The number of hydrogen-bond donors (Lipinski definition) is 0. The highest BCUT2D eigenvalue weighted by Gasteiger charge is 2.03. The van der Waals surface area contributed by atoms with Crippen LogP contribution in [-0.2, 0) is 4.74 Å². The van der Waals surface area contributed by atoms with Crippen LogP contribution in [0.2, 0.25) is 0 Å². The Kier molecular flexibility index (Phi) is 2.26. The van der Waals surface area contributed by atoms with Gasteiger partial charge in [0.15, 0.2) is 0 Å². The van der Waals surface area contributed by atoms with Gasteiger partial charge in [-0.15, -0.1) is 0 Å². The van der Waals surface area contributed by atoms with Crippen LogP contribution in [0.15, 0.2) is 18.5 Å². The molecule has 0 aliphatic carbocycles. The lowest BCUT2D eigenvalue weighted by Crippen LogP contribution is -2.09. The average Bonchev–Trinajstić information content (AvgIpc) is 2.03. The number of hydrogen-bond acceptors (Lipinski definition) is 3. The van der Waals surface area contributed by atoms with Crippen LogP contribution in [0.1, 0.15) is 10.4 Å². The van der Waals surface area contributed by atoms with Crippen molar-refractivity contribution in [2.24, 2.45) is 0 Å². The van der Waals surface area contributed by atoms with E-state index in [2.05, 4.69) is 9.72 Å². The van der Waals surface area contributed by atoms with E-state index in [1.165, 1.54) is 13.3 Å². The zero-order valence-corrected chi connectivity index (χ0v) is 6.50. The van der Waals surface area contributed by atoms with Crippen molar-refractivity contribution in [3.8, 4) is 0 Å². The largest absolute Gasteiger partial charge is 0.465 e. The molecule has 1 heterocycles. The summed E-state index contributed by atoms with van der Waals surface area (Å²) in [5.41, 5.74) is 1.44. The van der Waals surface area contributed by atoms with E-state index in [0.29, 0.717) is 5.56 Å². The summed E-state index contributed by atoms with van der Waals surface area (Å²) in [5.74, 6) is -0.346. The van der Waals surface area contributed by atoms with Crippen LogP contribution in [0.25, 0.3) is 0 Å². The minimum Gasteiger partial charge on any atom is -0.465 e. The van der Waals surface area contributed by atoms with Crippen LogP contribution >= 0.6 is 0 Å². The SMILES string of the molecule is Bc1cncc(C(=O)OC)c1. The molecule has 0 atom stereocenters. The van der Waals surface area contributed by atoms with Gasteiger partial charge < -0.3 is 4.74 Å². The molecule has 1 rings (SSSR count). The highest BCUT2D eigenvalue weighted by atomic mass is 16.5. The van der Waals surface area contributed by atoms with Crippen molar-refractivity contribution in [2.45, 2.75) is 0 Å². The van der Waals surface area contributed by atoms with Gasteiger partial charge in [0.05, 0.1) is 12.7 Å². The summed E-state index contributed by atoms with van der Waals surface area (Å²) in [6.45, 7) is 0. The third-order valence-corrected chi connectivity index (χ3v) is 1.30. The van der Waals surface area contributed by atoms with E-state index < -0.39 is 0 Å². The third kappa shape index (κ3) is 1.80. The summed E-state index contributed by atoms with van der Waals surface area (Å²) >= 11 is 0. The monoisotopic (exact) mass is 149 g/mol. The molecule has 0 aromatic carbocycles. The van der Waals surface area contributed by atoms with E-state index in [1.54, 1.807) is 12.3 Å². The minimum atomic E-state index is -0.346. The maximum absolute atomic E-state index is 10.9. The molecule has 56 valence electrons. The first-order valence-electron chi connectivity index (χ1n) is 3.24. The molecule has 0 aliphatic rings. The molecule has 0 bridgehead atoms. The van der Waals surface area contributed by atoms with E-state index >= 15 is 0 Å². The number of esters is 1. The predicted octanol–water partition coefficient (Wildman–Crippen LogP) is -0.873. The van der Waals surface area contributed by atoms with Crippen molar-refractivity contribution in [1.82, 2.24) is 4.98 Å². The number of rotatable bonds is 1. The molecule has 4 heteroatoms. The minimum absolute atomic E-state index is 0.346. The standard InChI is InChI=1S/C7H8BNO2/c1-11-7(10)5-2-6(8)4-9-3-5/h2-4H,8H2,1H3. The molecular weight excluding hydrogens is 141 g/mol. The van der Waals surface area contributed by atoms with Gasteiger partial charge in [-0.1, -0.05) is 11.5 Å². The smallest absolute Gasteiger partial charge is 0.339 e. The molecule has 3 nitrogen and oxygen atoms in total. The molecule has 0 aliphatic heterocycles. The van der Waals surface area contributed by atoms with Crippen LogP contribution in [0.3, 0.4) is 0 Å². The predicted molar refractivity (Wildman–Crippen MR) is 43.8 cm³/mol. The van der Waals surface area contributed by atoms with Gasteiger partial charge in [0.25, 0.3) is 0 Å². The van der Waals surface area contributed by atoms with Crippen molar-refractivity contribution in [1.29, 1.82) is 0 Å². The molecule has 1 aromatic rings. The van der Waals surface area contributed by atoms with Crippen molar-refractivity contribution in [3.05, 3.63) is 24.0 Å². The second kappa shape index (κ2) is 3.19. The lowest BCUT2D eigenvalue weighted by atomic mass is 9.97. The zero-order valence-electron chi connectivity index (χ0n) is 6.50. The maximum Gasteiger partial charge on any atom is 0.339 e. The van der Waals surface area contributed by atoms with Gasteiger partial charge in [0, 0.05) is 12.4 Å². The summed E-state index contributed by atoms with van der Waals surface area (Å²) in [5, 5.41) is 0. The molecule has 0 saturated carbocycles. The van der Waals surface area contributed by atoms with E-state index in [1.807, 2.05) is 7.85 Å². The first-order valence-corrected chi connectivity index (χ1v) is 3.24. The Balaban J connectivity index is 2.96. The second-order valence-electron chi connectivity index (χ2n) is 2.24. The molecule has 11 heavy (non-hydrogen) atoms. The van der Waals surface area contributed by atoms with Crippen molar-refractivity contribution < 1.29 is 9.53 Å². The molecule has 0 fully saturated rings. The van der Waals surface area contributed by atoms with Crippen LogP contribution in [0.4, 0.5) is 0 Å². The summed E-state index contributed by atoms with van der Waals surface area (Å²) in [4.78, 5) is 14.8. The van der Waals surface area contributed by atoms with Gasteiger partial charge in [0.1, 0.15) is 7.85 Å². The van der Waals surface area contributed by atoms with Gasteiger partial charge in [-0.25, -0.2) is 4.79 Å². The molecule has 1 aromatic heterocycles. The molecule has 0 spiro atoms. The van der Waals surface area contributed by atoms with Crippen LogP contribution in [0.5, 0.6) is 0 Å². The van der Waals surface area contributed by atoms with E-state index in [0.717, 1.165) is 5.46 Å². The first kappa shape index (κ1) is 7.79. The Morgan fingerprint density at radius 1 is 1.64 bits per heavy atom. The number of carbonyl (C=O) groups is 1. The van der Waals surface area contributed by atoms with Gasteiger partial charge in [0.2, 0.25) is 0 Å². The topological polar surface area (TPSA) is 39.2 Å². The average molecular weight is 149 g/mol. The maximum atomic E-state index is 10.9. The highest BCUT2D eigenvalue weighted by Crippen LogP contribution is 1.94.